The minimum Gasteiger partial charge on any atom is -0.452 e. The molecule has 0 radical (unpaired) electrons. The van der Waals surface area contributed by atoms with Gasteiger partial charge < -0.3 is 10.1 Å². The molecule has 0 aliphatic rings. The number of aryl methyl sites for hydroxylation is 1. The minimum atomic E-state index is -0.485. The van der Waals surface area contributed by atoms with Crippen LogP contribution in [0.3, 0.4) is 0 Å². The van der Waals surface area contributed by atoms with E-state index in [-0.39, 0.29) is 11.7 Å². The number of nitrogens with one attached hydrogen (secondary N) is 1. The van der Waals surface area contributed by atoms with Crippen molar-refractivity contribution in [2.45, 2.75) is 6.92 Å². The van der Waals surface area contributed by atoms with Crippen LogP contribution in [0.25, 0.3) is 10.9 Å². The second-order valence-electron chi connectivity index (χ2n) is 5.99. The third-order valence-electron chi connectivity index (χ3n) is 4.18. The first kappa shape index (κ1) is 18.3. The van der Waals surface area contributed by atoms with Crippen molar-refractivity contribution >= 4 is 34.3 Å². The number of aromatic nitrogens is 1. The molecule has 3 rings (SSSR count). The molecule has 0 saturated heterocycles. The van der Waals surface area contributed by atoms with E-state index in [1.165, 1.54) is 24.1 Å². The maximum atomic E-state index is 13.3. The predicted octanol–water partition coefficient (Wildman–Crippen LogP) is 4.14. The molecule has 0 bridgehead atoms. The normalized spacial score (nSPS) is 10.5. The lowest BCUT2D eigenvalue weighted by molar-refractivity contribution is 0.102. The number of anilines is 2. The monoisotopic (exact) mass is 367 g/mol. The molecule has 0 spiro atoms. The molecule has 138 valence electrons. The Hall–Kier alpha value is -3.48. The van der Waals surface area contributed by atoms with Gasteiger partial charge in [-0.2, -0.15) is 0 Å². The lowest BCUT2D eigenvalue weighted by Crippen LogP contribution is -2.25. The molecule has 0 atom stereocenters. The van der Waals surface area contributed by atoms with Gasteiger partial charge >= 0.3 is 6.09 Å². The van der Waals surface area contributed by atoms with E-state index in [1.54, 1.807) is 50.4 Å². The van der Waals surface area contributed by atoms with Gasteiger partial charge in [-0.1, -0.05) is 0 Å². The average molecular weight is 367 g/mol. The van der Waals surface area contributed by atoms with Crippen LogP contribution < -0.4 is 10.2 Å². The zero-order chi connectivity index (χ0) is 19.6. The van der Waals surface area contributed by atoms with E-state index in [0.29, 0.717) is 33.5 Å². The smallest absolute Gasteiger partial charge is 0.413 e. The number of carbonyl (C=O) groups is 2. The highest BCUT2D eigenvalue weighted by atomic mass is 19.1. The van der Waals surface area contributed by atoms with Crippen molar-refractivity contribution in [2.75, 3.05) is 24.4 Å². The van der Waals surface area contributed by atoms with Gasteiger partial charge in [-0.05, 0) is 49.4 Å². The number of amides is 2. The third-order valence-corrected chi connectivity index (χ3v) is 4.18. The van der Waals surface area contributed by atoms with Crippen molar-refractivity contribution in [3.8, 4) is 0 Å². The SMILES string of the molecule is COC(=O)N(C)c1ccc(NC(=O)c2cc3ccc(F)cc3nc2C)cc1. The molecule has 1 N–H and O–H groups in total. The van der Waals surface area contributed by atoms with E-state index in [0.717, 1.165) is 0 Å². The second-order valence-corrected chi connectivity index (χ2v) is 5.99. The number of ether oxygens (including phenoxy) is 1. The van der Waals surface area contributed by atoms with Crippen molar-refractivity contribution in [1.82, 2.24) is 4.98 Å². The zero-order valence-electron chi connectivity index (χ0n) is 15.1. The molecule has 0 aliphatic carbocycles. The summed E-state index contributed by atoms with van der Waals surface area (Å²) in [6.07, 6.45) is -0.485. The number of hydrogen-bond acceptors (Lipinski definition) is 4. The average Bonchev–Trinajstić information content (AvgIpc) is 2.66. The summed E-state index contributed by atoms with van der Waals surface area (Å²) >= 11 is 0. The number of pyridine rings is 1. The van der Waals surface area contributed by atoms with Crippen LogP contribution in [0.15, 0.2) is 48.5 Å². The number of halogens is 1. The molecule has 3 aromatic rings. The number of methoxy groups -OCH3 is 1. The number of hydrogen-bond donors (Lipinski definition) is 1. The summed E-state index contributed by atoms with van der Waals surface area (Å²) < 4.78 is 18.0. The topological polar surface area (TPSA) is 71.5 Å². The van der Waals surface area contributed by atoms with E-state index in [2.05, 4.69) is 15.0 Å². The Kier molecular flexibility index (Phi) is 5.03. The van der Waals surface area contributed by atoms with Gasteiger partial charge in [0.05, 0.1) is 23.9 Å². The van der Waals surface area contributed by atoms with Crippen LogP contribution >= 0.6 is 0 Å². The second kappa shape index (κ2) is 7.41. The van der Waals surface area contributed by atoms with E-state index < -0.39 is 6.09 Å². The van der Waals surface area contributed by atoms with Crippen LogP contribution in [0.4, 0.5) is 20.6 Å². The molecule has 2 aromatic carbocycles. The molecule has 0 saturated carbocycles. The fourth-order valence-electron chi connectivity index (χ4n) is 2.68. The maximum absolute atomic E-state index is 13.3. The van der Waals surface area contributed by atoms with Crippen molar-refractivity contribution in [1.29, 1.82) is 0 Å². The summed E-state index contributed by atoms with van der Waals surface area (Å²) in [5.74, 6) is -0.691. The van der Waals surface area contributed by atoms with Gasteiger partial charge in [0.15, 0.2) is 0 Å². The molecule has 1 aromatic heterocycles. The van der Waals surface area contributed by atoms with Gasteiger partial charge in [-0.15, -0.1) is 0 Å². The van der Waals surface area contributed by atoms with Crippen LogP contribution in [0.5, 0.6) is 0 Å². The van der Waals surface area contributed by atoms with Crippen molar-refractivity contribution in [2.24, 2.45) is 0 Å². The summed E-state index contributed by atoms with van der Waals surface area (Å²) in [7, 11) is 2.90. The highest BCUT2D eigenvalue weighted by Crippen LogP contribution is 2.21. The molecule has 1 heterocycles. The molecule has 6 nitrogen and oxygen atoms in total. The first-order chi connectivity index (χ1) is 12.9. The Morgan fingerprint density at radius 1 is 1.11 bits per heavy atom. The van der Waals surface area contributed by atoms with Crippen molar-refractivity contribution in [3.63, 3.8) is 0 Å². The zero-order valence-corrected chi connectivity index (χ0v) is 15.1. The van der Waals surface area contributed by atoms with E-state index in [9.17, 15) is 14.0 Å². The Labute approximate surface area is 155 Å². The molecule has 0 unspecified atom stereocenters. The summed E-state index contributed by atoms with van der Waals surface area (Å²) in [6.45, 7) is 1.70. The predicted molar refractivity (Wildman–Crippen MR) is 102 cm³/mol. The van der Waals surface area contributed by atoms with Gasteiger partial charge in [0.1, 0.15) is 5.82 Å². The van der Waals surface area contributed by atoms with Gasteiger partial charge in [0.25, 0.3) is 5.91 Å². The van der Waals surface area contributed by atoms with Crippen LogP contribution in [0.2, 0.25) is 0 Å². The Bertz CT molecular complexity index is 1020. The molecule has 2 amide bonds. The largest absolute Gasteiger partial charge is 0.452 e. The van der Waals surface area contributed by atoms with Crippen LogP contribution in [0, 0.1) is 12.7 Å². The molecule has 0 aliphatic heterocycles. The van der Waals surface area contributed by atoms with Crippen LogP contribution in [-0.2, 0) is 4.74 Å². The number of fused-ring (bicyclic) bond motifs is 1. The van der Waals surface area contributed by atoms with Crippen molar-refractivity contribution in [3.05, 3.63) is 65.6 Å². The fourth-order valence-corrected chi connectivity index (χ4v) is 2.68. The maximum Gasteiger partial charge on any atom is 0.413 e. The lowest BCUT2D eigenvalue weighted by atomic mass is 10.1. The van der Waals surface area contributed by atoms with Crippen molar-refractivity contribution < 1.29 is 18.7 Å². The third kappa shape index (κ3) is 3.87. The Morgan fingerprint density at radius 2 is 1.81 bits per heavy atom. The summed E-state index contributed by atoms with van der Waals surface area (Å²) in [4.78, 5) is 29.8. The number of rotatable bonds is 3. The first-order valence-electron chi connectivity index (χ1n) is 8.19. The highest BCUT2D eigenvalue weighted by molar-refractivity contribution is 6.06. The van der Waals surface area contributed by atoms with E-state index >= 15 is 0 Å². The molecule has 7 heteroatoms. The van der Waals surface area contributed by atoms with Gasteiger partial charge in [0, 0.05) is 29.9 Å². The quantitative estimate of drug-likeness (QED) is 0.755. The van der Waals surface area contributed by atoms with E-state index in [4.69, 9.17) is 0 Å². The summed E-state index contributed by atoms with van der Waals surface area (Å²) in [5.41, 5.74) is 2.61. The molecule has 0 fully saturated rings. The number of carbonyl (C=O) groups excluding carboxylic acids is 2. The number of benzene rings is 2. The standard InChI is InChI=1S/C20H18FN3O3/c1-12-17(10-13-4-5-14(21)11-18(13)22-12)19(25)23-15-6-8-16(9-7-15)24(2)20(26)27-3/h4-11H,1-3H3,(H,23,25). The molecule has 27 heavy (non-hydrogen) atoms. The Balaban J connectivity index is 1.81. The van der Waals surface area contributed by atoms with Crippen LogP contribution in [-0.4, -0.2) is 31.1 Å². The van der Waals surface area contributed by atoms with Gasteiger partial charge in [-0.3, -0.25) is 14.7 Å². The highest BCUT2D eigenvalue weighted by Gasteiger charge is 2.14. The first-order valence-corrected chi connectivity index (χ1v) is 8.19. The summed E-state index contributed by atoms with van der Waals surface area (Å²) in [5, 5.41) is 3.48. The lowest BCUT2D eigenvalue weighted by Gasteiger charge is -2.16. The minimum absolute atomic E-state index is 0.319. The Morgan fingerprint density at radius 3 is 2.48 bits per heavy atom. The fraction of sp³-hybridized carbons (Fsp3) is 0.150. The van der Waals surface area contributed by atoms with Gasteiger partial charge in [-0.25, -0.2) is 9.18 Å². The van der Waals surface area contributed by atoms with E-state index in [1.807, 2.05) is 0 Å². The summed E-state index contributed by atoms with van der Waals surface area (Å²) in [6, 6.07) is 12.7. The molecular formula is C20H18FN3O3. The molecular weight excluding hydrogens is 349 g/mol. The van der Waals surface area contributed by atoms with Crippen LogP contribution in [0.1, 0.15) is 16.1 Å². The van der Waals surface area contributed by atoms with Gasteiger partial charge in [0.2, 0.25) is 0 Å². The number of nitrogens with zero attached hydrogens (tertiary/aromatic N) is 2.